The van der Waals surface area contributed by atoms with Crippen LogP contribution in [0.1, 0.15) is 46.0 Å². The predicted octanol–water partition coefficient (Wildman–Crippen LogP) is 3.12. The fraction of sp³-hybridized carbons (Fsp3) is 0.833. The van der Waals surface area contributed by atoms with Gasteiger partial charge in [0.05, 0.1) is 0 Å². The van der Waals surface area contributed by atoms with Gasteiger partial charge >= 0.3 is 0 Å². The molecular formula is C12H23N. The molecule has 0 heterocycles. The average Bonchev–Trinajstić information content (AvgIpc) is 2.19. The lowest BCUT2D eigenvalue weighted by atomic mass is 9.83. The Morgan fingerprint density at radius 3 is 2.77 bits per heavy atom. The molecule has 76 valence electrons. The van der Waals surface area contributed by atoms with Crippen LogP contribution in [0.3, 0.4) is 0 Å². The third-order valence-electron chi connectivity index (χ3n) is 3.17. The number of hydrogen-bond donors (Lipinski definition) is 1. The second kappa shape index (κ2) is 6.20. The van der Waals surface area contributed by atoms with Crippen LogP contribution in [0.15, 0.2) is 12.2 Å². The summed E-state index contributed by atoms with van der Waals surface area (Å²) in [5, 5.41) is 3.64. The van der Waals surface area contributed by atoms with E-state index >= 15 is 0 Å². The molecule has 1 aliphatic rings. The summed E-state index contributed by atoms with van der Waals surface area (Å²) in [5.74, 6) is 0.930. The highest BCUT2D eigenvalue weighted by molar-refractivity contribution is 4.85. The topological polar surface area (TPSA) is 12.0 Å². The van der Waals surface area contributed by atoms with Crippen molar-refractivity contribution in [3.8, 4) is 0 Å². The summed E-state index contributed by atoms with van der Waals surface area (Å²) < 4.78 is 0. The summed E-state index contributed by atoms with van der Waals surface area (Å²) in [6.07, 6.45) is 11.4. The summed E-state index contributed by atoms with van der Waals surface area (Å²) in [6, 6.07) is 0.787. The SMILES string of the molecule is C/C=C/CNC1CCCCC1CC. The third-order valence-corrected chi connectivity index (χ3v) is 3.17. The Morgan fingerprint density at radius 1 is 1.31 bits per heavy atom. The maximum atomic E-state index is 3.64. The van der Waals surface area contributed by atoms with Gasteiger partial charge in [0.1, 0.15) is 0 Å². The van der Waals surface area contributed by atoms with Crippen LogP contribution in [0.5, 0.6) is 0 Å². The Bertz CT molecular complexity index is 151. The van der Waals surface area contributed by atoms with Gasteiger partial charge < -0.3 is 5.32 Å². The van der Waals surface area contributed by atoms with Crippen LogP contribution in [0.25, 0.3) is 0 Å². The number of allylic oxidation sites excluding steroid dienone is 1. The monoisotopic (exact) mass is 181 g/mol. The Balaban J connectivity index is 2.27. The molecule has 0 aromatic rings. The first-order valence-corrected chi connectivity index (χ1v) is 5.73. The van der Waals surface area contributed by atoms with Gasteiger partial charge in [-0.2, -0.15) is 0 Å². The van der Waals surface area contributed by atoms with E-state index in [1.807, 2.05) is 0 Å². The quantitative estimate of drug-likeness (QED) is 0.657. The van der Waals surface area contributed by atoms with Gasteiger partial charge in [0.2, 0.25) is 0 Å². The lowest BCUT2D eigenvalue weighted by molar-refractivity contribution is 0.262. The van der Waals surface area contributed by atoms with Gasteiger partial charge in [-0.05, 0) is 25.7 Å². The minimum Gasteiger partial charge on any atom is -0.310 e. The van der Waals surface area contributed by atoms with Crippen LogP contribution in [0.4, 0.5) is 0 Å². The molecule has 0 spiro atoms. The summed E-state index contributed by atoms with van der Waals surface area (Å²) in [7, 11) is 0. The molecule has 2 atom stereocenters. The maximum Gasteiger partial charge on any atom is 0.0137 e. The second-order valence-corrected chi connectivity index (χ2v) is 4.04. The number of nitrogens with one attached hydrogen (secondary N) is 1. The smallest absolute Gasteiger partial charge is 0.0137 e. The first-order chi connectivity index (χ1) is 6.38. The first kappa shape index (κ1) is 10.8. The molecule has 2 unspecified atom stereocenters. The fourth-order valence-electron chi connectivity index (χ4n) is 2.30. The highest BCUT2D eigenvalue weighted by atomic mass is 14.9. The maximum absolute atomic E-state index is 3.64. The van der Waals surface area contributed by atoms with Crippen LogP contribution in [0, 0.1) is 5.92 Å². The van der Waals surface area contributed by atoms with Gasteiger partial charge in [-0.25, -0.2) is 0 Å². The van der Waals surface area contributed by atoms with E-state index in [0.717, 1.165) is 18.5 Å². The van der Waals surface area contributed by atoms with Crippen molar-refractivity contribution in [2.24, 2.45) is 5.92 Å². The second-order valence-electron chi connectivity index (χ2n) is 4.04. The zero-order valence-corrected chi connectivity index (χ0v) is 9.05. The van der Waals surface area contributed by atoms with Crippen molar-refractivity contribution in [2.75, 3.05) is 6.54 Å². The average molecular weight is 181 g/mol. The van der Waals surface area contributed by atoms with E-state index in [1.165, 1.54) is 32.1 Å². The Kier molecular flexibility index (Phi) is 5.14. The fourth-order valence-corrected chi connectivity index (χ4v) is 2.30. The van der Waals surface area contributed by atoms with Gasteiger partial charge in [0, 0.05) is 12.6 Å². The van der Waals surface area contributed by atoms with Gasteiger partial charge in [-0.15, -0.1) is 0 Å². The van der Waals surface area contributed by atoms with Crippen LogP contribution in [-0.2, 0) is 0 Å². The standard InChI is InChI=1S/C12H23N/c1-3-5-10-13-12-9-7-6-8-11(12)4-2/h3,5,11-13H,4,6-10H2,1-2H3/b5-3+. The minimum atomic E-state index is 0.787. The molecule has 1 N–H and O–H groups in total. The molecule has 1 heteroatoms. The van der Waals surface area contributed by atoms with E-state index in [2.05, 4.69) is 31.3 Å². The highest BCUT2D eigenvalue weighted by Gasteiger charge is 2.22. The van der Waals surface area contributed by atoms with Crippen molar-refractivity contribution in [2.45, 2.75) is 52.0 Å². The molecule has 1 rings (SSSR count). The van der Waals surface area contributed by atoms with Crippen molar-refractivity contribution in [3.05, 3.63) is 12.2 Å². The third kappa shape index (κ3) is 3.51. The van der Waals surface area contributed by atoms with E-state index in [9.17, 15) is 0 Å². The Hall–Kier alpha value is -0.300. The molecule has 0 radical (unpaired) electrons. The van der Waals surface area contributed by atoms with E-state index in [1.54, 1.807) is 0 Å². The van der Waals surface area contributed by atoms with E-state index in [-0.39, 0.29) is 0 Å². The van der Waals surface area contributed by atoms with Gasteiger partial charge in [0.15, 0.2) is 0 Å². The van der Waals surface area contributed by atoms with Crippen LogP contribution in [-0.4, -0.2) is 12.6 Å². The summed E-state index contributed by atoms with van der Waals surface area (Å²) in [4.78, 5) is 0. The molecule has 0 bridgehead atoms. The molecule has 1 saturated carbocycles. The zero-order valence-electron chi connectivity index (χ0n) is 9.05. The summed E-state index contributed by atoms with van der Waals surface area (Å²) in [5.41, 5.74) is 0. The molecule has 0 aromatic carbocycles. The molecule has 0 amide bonds. The van der Waals surface area contributed by atoms with Crippen molar-refractivity contribution in [1.82, 2.24) is 5.32 Å². The van der Waals surface area contributed by atoms with Crippen molar-refractivity contribution >= 4 is 0 Å². The number of hydrogen-bond acceptors (Lipinski definition) is 1. The molecule has 1 fully saturated rings. The lowest BCUT2D eigenvalue weighted by Gasteiger charge is -2.31. The lowest BCUT2D eigenvalue weighted by Crippen LogP contribution is -2.38. The van der Waals surface area contributed by atoms with E-state index in [4.69, 9.17) is 0 Å². The molecule has 1 nitrogen and oxygen atoms in total. The summed E-state index contributed by atoms with van der Waals surface area (Å²) in [6.45, 7) is 5.46. The summed E-state index contributed by atoms with van der Waals surface area (Å²) >= 11 is 0. The van der Waals surface area contributed by atoms with E-state index < -0.39 is 0 Å². The molecule has 1 aliphatic carbocycles. The zero-order chi connectivity index (χ0) is 9.52. The Morgan fingerprint density at radius 2 is 2.08 bits per heavy atom. The van der Waals surface area contributed by atoms with Crippen molar-refractivity contribution in [3.63, 3.8) is 0 Å². The highest BCUT2D eigenvalue weighted by Crippen LogP contribution is 2.26. The molecular weight excluding hydrogens is 158 g/mol. The molecule has 0 saturated heterocycles. The van der Waals surface area contributed by atoms with Gasteiger partial charge in [-0.1, -0.05) is 38.3 Å². The van der Waals surface area contributed by atoms with Gasteiger partial charge in [-0.3, -0.25) is 0 Å². The van der Waals surface area contributed by atoms with Crippen LogP contribution >= 0.6 is 0 Å². The largest absolute Gasteiger partial charge is 0.310 e. The normalized spacial score (nSPS) is 29.7. The first-order valence-electron chi connectivity index (χ1n) is 5.73. The van der Waals surface area contributed by atoms with Crippen LogP contribution < -0.4 is 5.32 Å². The van der Waals surface area contributed by atoms with E-state index in [0.29, 0.717) is 0 Å². The van der Waals surface area contributed by atoms with Crippen LogP contribution in [0.2, 0.25) is 0 Å². The number of rotatable bonds is 4. The minimum absolute atomic E-state index is 0.787. The van der Waals surface area contributed by atoms with Gasteiger partial charge in [0.25, 0.3) is 0 Å². The van der Waals surface area contributed by atoms with Crippen molar-refractivity contribution in [1.29, 1.82) is 0 Å². The Labute approximate surface area is 82.6 Å². The predicted molar refractivity (Wildman–Crippen MR) is 58.9 cm³/mol. The van der Waals surface area contributed by atoms with Crippen molar-refractivity contribution < 1.29 is 0 Å². The molecule has 0 aromatic heterocycles. The molecule has 13 heavy (non-hydrogen) atoms. The molecule has 0 aliphatic heterocycles.